The lowest BCUT2D eigenvalue weighted by atomic mass is 10.00. The third-order valence-electron chi connectivity index (χ3n) is 8.92. The molecule has 1 saturated heterocycles. The van der Waals surface area contributed by atoms with Crippen molar-refractivity contribution in [2.75, 3.05) is 26.2 Å². The Labute approximate surface area is 278 Å². The lowest BCUT2D eigenvalue weighted by molar-refractivity contribution is 0.0729. The number of amides is 1. The van der Waals surface area contributed by atoms with E-state index in [0.717, 1.165) is 59.0 Å². The Balaban J connectivity index is 1.15. The van der Waals surface area contributed by atoms with Crippen LogP contribution in [0.2, 0.25) is 0 Å². The van der Waals surface area contributed by atoms with Crippen molar-refractivity contribution in [3.8, 4) is 0 Å². The van der Waals surface area contributed by atoms with E-state index in [0.29, 0.717) is 18.7 Å². The number of benzene rings is 2. The van der Waals surface area contributed by atoms with Gasteiger partial charge in [-0.05, 0) is 101 Å². The minimum atomic E-state index is 0.0137. The van der Waals surface area contributed by atoms with Gasteiger partial charge in [0.25, 0.3) is 5.91 Å². The molecule has 0 spiro atoms. The van der Waals surface area contributed by atoms with E-state index in [1.54, 1.807) is 12.4 Å². The largest absolute Gasteiger partial charge is 0.332 e. The van der Waals surface area contributed by atoms with Gasteiger partial charge < -0.3 is 9.47 Å². The summed E-state index contributed by atoms with van der Waals surface area (Å²) in [7, 11) is 0. The lowest BCUT2D eigenvalue weighted by Crippen LogP contribution is -2.37. The summed E-state index contributed by atoms with van der Waals surface area (Å²) in [4.78, 5) is 31.9. The first-order valence-electron chi connectivity index (χ1n) is 16.7. The van der Waals surface area contributed by atoms with Crippen LogP contribution in [0.3, 0.4) is 0 Å². The molecular weight excluding hydrogens is 580 g/mol. The highest BCUT2D eigenvalue weighted by molar-refractivity contribution is 5.94. The average molecular weight is 625 g/mol. The Morgan fingerprint density at radius 3 is 2.40 bits per heavy atom. The van der Waals surface area contributed by atoms with Gasteiger partial charge in [0.05, 0.1) is 23.1 Å². The smallest absolute Gasteiger partial charge is 0.254 e. The summed E-state index contributed by atoms with van der Waals surface area (Å²) in [6, 6.07) is 24.8. The van der Waals surface area contributed by atoms with Gasteiger partial charge in [-0.3, -0.25) is 14.7 Å². The van der Waals surface area contributed by atoms with E-state index in [4.69, 9.17) is 4.98 Å². The molecule has 2 aromatic carbocycles. The molecular formula is C40H44N6O. The Hall–Kier alpha value is -4.88. The third kappa shape index (κ3) is 7.75. The number of fused-ring (bicyclic) bond motifs is 1. The highest BCUT2D eigenvalue weighted by Crippen LogP contribution is 2.24. The molecule has 1 fully saturated rings. The number of carbonyl (C=O) groups is 1. The summed E-state index contributed by atoms with van der Waals surface area (Å²) >= 11 is 0. The third-order valence-corrected chi connectivity index (χ3v) is 8.92. The molecule has 7 nitrogen and oxygen atoms in total. The molecule has 0 N–H and O–H groups in total. The standard InChI is InChI=1S/C40H44N6O/c1-29(2)45(40(47)34-18-14-32(15-19-34)28-46-31(4)42-38-27-41-22-20-39(38)46)25-8-10-35-9-7-11-37(43-35)36(21-26-44-23-5-6-24-44)33-16-12-30(3)13-17-33/h7-22,27,29H,5-6,23-26,28H2,1-4H3/b10-8+,36-21+. The number of pyridine rings is 2. The van der Waals surface area contributed by atoms with Crippen LogP contribution in [-0.2, 0) is 6.54 Å². The van der Waals surface area contributed by atoms with Gasteiger partial charge in [-0.15, -0.1) is 0 Å². The van der Waals surface area contributed by atoms with Gasteiger partial charge in [-0.2, -0.15) is 0 Å². The first-order valence-corrected chi connectivity index (χ1v) is 16.7. The topological polar surface area (TPSA) is 67.2 Å². The number of likely N-dealkylation sites (tertiary alicyclic amines) is 1. The molecule has 4 heterocycles. The molecule has 1 amide bonds. The molecule has 0 radical (unpaired) electrons. The van der Waals surface area contributed by atoms with E-state index in [9.17, 15) is 4.79 Å². The zero-order valence-electron chi connectivity index (χ0n) is 27.9. The fourth-order valence-corrected chi connectivity index (χ4v) is 6.20. The Morgan fingerprint density at radius 1 is 0.915 bits per heavy atom. The average Bonchev–Trinajstić information content (AvgIpc) is 3.71. The van der Waals surface area contributed by atoms with Crippen LogP contribution in [0.1, 0.15) is 70.9 Å². The van der Waals surface area contributed by atoms with Crippen LogP contribution in [0.5, 0.6) is 0 Å². The maximum absolute atomic E-state index is 13.6. The van der Waals surface area contributed by atoms with Gasteiger partial charge in [0.2, 0.25) is 0 Å². The van der Waals surface area contributed by atoms with Gasteiger partial charge in [0.15, 0.2) is 0 Å². The van der Waals surface area contributed by atoms with Crippen molar-refractivity contribution >= 4 is 28.6 Å². The van der Waals surface area contributed by atoms with Gasteiger partial charge in [-0.25, -0.2) is 9.97 Å². The summed E-state index contributed by atoms with van der Waals surface area (Å²) in [5.41, 5.74) is 9.15. The van der Waals surface area contributed by atoms with Crippen molar-refractivity contribution in [1.82, 2.24) is 29.3 Å². The van der Waals surface area contributed by atoms with Crippen LogP contribution in [0.4, 0.5) is 0 Å². The van der Waals surface area contributed by atoms with Gasteiger partial charge in [-0.1, -0.05) is 60.2 Å². The Kier molecular flexibility index (Phi) is 10.0. The molecule has 3 aromatic heterocycles. The first-order chi connectivity index (χ1) is 22.9. The van der Waals surface area contributed by atoms with Crippen LogP contribution >= 0.6 is 0 Å². The predicted octanol–water partition coefficient (Wildman–Crippen LogP) is 7.58. The number of hydrogen-bond donors (Lipinski definition) is 0. The van der Waals surface area contributed by atoms with Crippen molar-refractivity contribution in [1.29, 1.82) is 0 Å². The summed E-state index contributed by atoms with van der Waals surface area (Å²) in [6.45, 7) is 12.6. The molecule has 0 unspecified atom stereocenters. The monoisotopic (exact) mass is 624 g/mol. The van der Waals surface area contributed by atoms with Crippen molar-refractivity contribution in [2.24, 2.45) is 0 Å². The van der Waals surface area contributed by atoms with Gasteiger partial charge in [0.1, 0.15) is 11.3 Å². The van der Waals surface area contributed by atoms with Crippen molar-refractivity contribution in [3.05, 3.63) is 137 Å². The predicted molar refractivity (Wildman–Crippen MR) is 191 cm³/mol. The van der Waals surface area contributed by atoms with Gasteiger partial charge >= 0.3 is 0 Å². The Morgan fingerprint density at radius 2 is 1.66 bits per heavy atom. The van der Waals surface area contributed by atoms with E-state index in [-0.39, 0.29) is 11.9 Å². The molecule has 1 aliphatic rings. The van der Waals surface area contributed by atoms with Crippen LogP contribution in [0, 0.1) is 13.8 Å². The van der Waals surface area contributed by atoms with E-state index in [1.807, 2.05) is 60.4 Å². The van der Waals surface area contributed by atoms with Crippen molar-refractivity contribution in [2.45, 2.75) is 53.1 Å². The second-order valence-corrected chi connectivity index (χ2v) is 12.7. The Bertz CT molecular complexity index is 1880. The lowest BCUT2D eigenvalue weighted by Gasteiger charge is -2.25. The molecule has 0 saturated carbocycles. The minimum Gasteiger partial charge on any atom is -0.332 e. The molecule has 5 aromatic rings. The fraction of sp³-hybridized carbons (Fsp3) is 0.300. The van der Waals surface area contributed by atoms with E-state index in [2.05, 4.69) is 82.7 Å². The maximum Gasteiger partial charge on any atom is 0.254 e. The highest BCUT2D eigenvalue weighted by Gasteiger charge is 2.18. The number of aromatic nitrogens is 4. The van der Waals surface area contributed by atoms with Crippen LogP contribution in [-0.4, -0.2) is 67.4 Å². The number of aryl methyl sites for hydroxylation is 2. The zero-order chi connectivity index (χ0) is 32.8. The summed E-state index contributed by atoms with van der Waals surface area (Å²) in [5, 5.41) is 0. The van der Waals surface area contributed by atoms with E-state index < -0.39 is 0 Å². The first kappa shape index (κ1) is 32.1. The van der Waals surface area contributed by atoms with Crippen molar-refractivity contribution < 1.29 is 4.79 Å². The quantitative estimate of drug-likeness (QED) is 0.152. The number of carbonyl (C=O) groups excluding carboxylic acids is 1. The zero-order valence-corrected chi connectivity index (χ0v) is 27.9. The molecule has 1 aliphatic heterocycles. The summed E-state index contributed by atoms with van der Waals surface area (Å²) in [6.07, 6.45) is 12.5. The SMILES string of the molecule is Cc1ccc(/C(=C\CN2CCCC2)c2cccc(/C=C/CN(C(=O)c3ccc(Cn4c(C)nc5cnccc54)cc3)C(C)C)n2)cc1. The molecule has 240 valence electrons. The second kappa shape index (κ2) is 14.7. The maximum atomic E-state index is 13.6. The normalized spacial score (nSPS) is 14.1. The molecule has 7 heteroatoms. The summed E-state index contributed by atoms with van der Waals surface area (Å²) < 4.78 is 2.18. The minimum absolute atomic E-state index is 0.0137. The van der Waals surface area contributed by atoms with Crippen molar-refractivity contribution in [3.63, 3.8) is 0 Å². The number of rotatable bonds is 11. The molecule has 6 rings (SSSR count). The molecule has 0 bridgehead atoms. The van der Waals surface area contributed by atoms with Crippen LogP contribution in [0.25, 0.3) is 22.7 Å². The van der Waals surface area contributed by atoms with E-state index >= 15 is 0 Å². The molecule has 47 heavy (non-hydrogen) atoms. The summed E-state index contributed by atoms with van der Waals surface area (Å²) in [5.74, 6) is 0.954. The fourth-order valence-electron chi connectivity index (χ4n) is 6.20. The molecule has 0 atom stereocenters. The van der Waals surface area contributed by atoms with Crippen LogP contribution in [0.15, 0.2) is 97.3 Å². The number of hydrogen-bond acceptors (Lipinski definition) is 5. The highest BCUT2D eigenvalue weighted by atomic mass is 16.2. The number of imidazole rings is 1. The second-order valence-electron chi connectivity index (χ2n) is 12.7. The number of nitrogens with zero attached hydrogens (tertiary/aromatic N) is 6. The van der Waals surface area contributed by atoms with E-state index in [1.165, 1.54) is 24.0 Å². The molecule has 0 aliphatic carbocycles. The van der Waals surface area contributed by atoms with Crippen LogP contribution < -0.4 is 0 Å². The van der Waals surface area contributed by atoms with Gasteiger partial charge in [0, 0.05) is 43.0 Å².